The zero-order valence-corrected chi connectivity index (χ0v) is 22.0. The molecule has 0 amide bonds. The van der Waals surface area contributed by atoms with E-state index < -0.39 is 44.0 Å². The number of nitro groups is 1. The summed E-state index contributed by atoms with van der Waals surface area (Å²) in [6.07, 6.45) is -1.92. The average Bonchev–Trinajstić information content (AvgIpc) is 2.89. The molecule has 0 radical (unpaired) electrons. The van der Waals surface area contributed by atoms with Crippen LogP contribution in [0.2, 0.25) is 0 Å². The predicted molar refractivity (Wildman–Crippen MR) is 138 cm³/mol. The minimum absolute atomic E-state index is 0.0823. The van der Waals surface area contributed by atoms with Gasteiger partial charge in [0.2, 0.25) is 21.8 Å². The quantitative estimate of drug-likeness (QED) is 0.208. The standard InChI is InChI=1S/C24H24F4N6O5S/c1-39-21-11-15(14-7-9-33(10-8-14)40(2,37)38)3-6-19(21)31-23-29-13-17(24(26,27)28)22(32-23)30-16-4-5-18(25)20(12-16)34(35)36/h3-6,11-14H,7-10H2,1-2H3,(H2,29,30,31,32). The van der Waals surface area contributed by atoms with Crippen LogP contribution >= 0.6 is 0 Å². The Hall–Kier alpha value is -4.05. The first-order valence-corrected chi connectivity index (χ1v) is 13.7. The number of halogens is 4. The van der Waals surface area contributed by atoms with E-state index in [2.05, 4.69) is 20.6 Å². The maximum absolute atomic E-state index is 13.7. The fourth-order valence-electron chi connectivity index (χ4n) is 4.32. The maximum Gasteiger partial charge on any atom is 0.421 e. The second-order valence-corrected chi connectivity index (χ2v) is 11.0. The van der Waals surface area contributed by atoms with Gasteiger partial charge in [-0.15, -0.1) is 0 Å². The van der Waals surface area contributed by atoms with Gasteiger partial charge in [0.25, 0.3) is 0 Å². The fourth-order valence-corrected chi connectivity index (χ4v) is 5.19. The summed E-state index contributed by atoms with van der Waals surface area (Å²) < 4.78 is 85.1. The van der Waals surface area contributed by atoms with Gasteiger partial charge in [0.1, 0.15) is 17.1 Å². The first kappa shape index (κ1) is 28.9. The van der Waals surface area contributed by atoms with E-state index >= 15 is 0 Å². The normalized spacial score (nSPS) is 15.1. The lowest BCUT2D eigenvalue weighted by atomic mass is 9.90. The molecule has 2 aromatic carbocycles. The van der Waals surface area contributed by atoms with E-state index in [0.717, 1.165) is 23.8 Å². The van der Waals surface area contributed by atoms with Crippen LogP contribution in [-0.2, 0) is 16.2 Å². The van der Waals surface area contributed by atoms with Crippen LogP contribution < -0.4 is 15.4 Å². The third kappa shape index (κ3) is 6.56. The van der Waals surface area contributed by atoms with E-state index in [1.165, 1.54) is 17.7 Å². The number of sulfonamides is 1. The zero-order valence-electron chi connectivity index (χ0n) is 21.2. The van der Waals surface area contributed by atoms with Crippen LogP contribution in [0.5, 0.6) is 5.75 Å². The zero-order chi connectivity index (χ0) is 29.2. The highest BCUT2D eigenvalue weighted by Crippen LogP contribution is 2.38. The molecular weight excluding hydrogens is 560 g/mol. The smallest absolute Gasteiger partial charge is 0.421 e. The van der Waals surface area contributed by atoms with Gasteiger partial charge in [-0.3, -0.25) is 10.1 Å². The Morgan fingerprint density at radius 1 is 1.12 bits per heavy atom. The lowest BCUT2D eigenvalue weighted by Gasteiger charge is -2.30. The van der Waals surface area contributed by atoms with E-state index in [9.17, 15) is 36.1 Å². The molecule has 16 heteroatoms. The third-order valence-electron chi connectivity index (χ3n) is 6.37. The molecule has 2 heterocycles. The summed E-state index contributed by atoms with van der Waals surface area (Å²) >= 11 is 0. The number of rotatable bonds is 8. The summed E-state index contributed by atoms with van der Waals surface area (Å²) in [5.41, 5.74) is -1.09. The molecule has 1 aromatic heterocycles. The number of piperidine rings is 1. The van der Waals surface area contributed by atoms with Gasteiger partial charge in [0, 0.05) is 31.0 Å². The van der Waals surface area contributed by atoms with Gasteiger partial charge in [-0.2, -0.15) is 22.5 Å². The second kappa shape index (κ2) is 11.2. The number of anilines is 4. The fraction of sp³-hybridized carbons (Fsp3) is 0.333. The molecule has 0 spiro atoms. The first-order chi connectivity index (χ1) is 18.8. The molecule has 1 aliphatic heterocycles. The van der Waals surface area contributed by atoms with Crippen molar-refractivity contribution < 1.29 is 35.6 Å². The molecule has 1 saturated heterocycles. The highest BCUT2D eigenvalue weighted by atomic mass is 32.2. The summed E-state index contributed by atoms with van der Waals surface area (Å²) in [4.78, 5) is 17.7. The van der Waals surface area contributed by atoms with E-state index in [1.807, 2.05) is 0 Å². The van der Waals surface area contributed by atoms with Crippen LogP contribution in [0.4, 0.5) is 46.4 Å². The van der Waals surface area contributed by atoms with Gasteiger partial charge in [0.15, 0.2) is 0 Å². The molecule has 0 atom stereocenters. The van der Waals surface area contributed by atoms with Gasteiger partial charge >= 0.3 is 11.9 Å². The molecule has 0 unspecified atom stereocenters. The SMILES string of the molecule is COc1cc(C2CCN(S(C)(=O)=O)CC2)ccc1Nc1ncc(C(F)(F)F)c(Nc2ccc(F)c([N+](=O)[O-])c2)n1. The van der Waals surface area contributed by atoms with E-state index in [0.29, 0.717) is 43.6 Å². The molecule has 2 N–H and O–H groups in total. The van der Waals surface area contributed by atoms with Crippen LogP contribution in [0.15, 0.2) is 42.6 Å². The Kier molecular flexibility index (Phi) is 8.11. The molecule has 40 heavy (non-hydrogen) atoms. The summed E-state index contributed by atoms with van der Waals surface area (Å²) in [6, 6.07) is 7.75. The van der Waals surface area contributed by atoms with Gasteiger partial charge < -0.3 is 15.4 Å². The largest absolute Gasteiger partial charge is 0.495 e. The highest BCUT2D eigenvalue weighted by molar-refractivity contribution is 7.88. The molecule has 0 saturated carbocycles. The van der Waals surface area contributed by atoms with Crippen molar-refractivity contribution in [2.24, 2.45) is 0 Å². The number of hydrogen-bond acceptors (Lipinski definition) is 9. The number of nitro benzene ring substituents is 1. The molecule has 0 bridgehead atoms. The lowest BCUT2D eigenvalue weighted by molar-refractivity contribution is -0.387. The molecule has 11 nitrogen and oxygen atoms in total. The lowest BCUT2D eigenvalue weighted by Crippen LogP contribution is -2.37. The average molecular weight is 585 g/mol. The number of methoxy groups -OCH3 is 1. The Bertz CT molecular complexity index is 1530. The molecule has 0 aliphatic carbocycles. The van der Waals surface area contributed by atoms with E-state index in [1.54, 1.807) is 18.2 Å². The Balaban J connectivity index is 1.59. The van der Waals surface area contributed by atoms with Crippen molar-refractivity contribution in [2.75, 3.05) is 37.1 Å². The van der Waals surface area contributed by atoms with Crippen LogP contribution in [0.1, 0.15) is 29.9 Å². The van der Waals surface area contributed by atoms with Crippen LogP contribution in [0.3, 0.4) is 0 Å². The number of benzene rings is 2. The van der Waals surface area contributed by atoms with Crippen molar-refractivity contribution >= 4 is 38.9 Å². The van der Waals surface area contributed by atoms with Crippen LogP contribution in [0, 0.1) is 15.9 Å². The number of hydrogen-bond donors (Lipinski definition) is 2. The Labute approximate surface area is 226 Å². The Morgan fingerprint density at radius 3 is 2.42 bits per heavy atom. The van der Waals surface area contributed by atoms with Crippen molar-refractivity contribution in [3.05, 3.63) is 69.7 Å². The molecule has 3 aromatic rings. The Morgan fingerprint density at radius 2 is 1.82 bits per heavy atom. The van der Waals surface area contributed by atoms with Crippen molar-refractivity contribution in [1.29, 1.82) is 0 Å². The highest BCUT2D eigenvalue weighted by Gasteiger charge is 2.35. The maximum atomic E-state index is 13.7. The molecule has 1 fully saturated rings. The minimum atomic E-state index is -4.86. The number of nitrogens with one attached hydrogen (secondary N) is 2. The topological polar surface area (TPSA) is 140 Å². The van der Waals surface area contributed by atoms with Crippen molar-refractivity contribution in [3.63, 3.8) is 0 Å². The molecule has 4 rings (SSSR count). The van der Waals surface area contributed by atoms with Gasteiger partial charge in [-0.1, -0.05) is 6.07 Å². The molecular formula is C24H24F4N6O5S. The molecule has 214 valence electrons. The molecule has 1 aliphatic rings. The van der Waals surface area contributed by atoms with Crippen LogP contribution in [0.25, 0.3) is 0 Å². The van der Waals surface area contributed by atoms with Crippen LogP contribution in [-0.4, -0.2) is 54.1 Å². The minimum Gasteiger partial charge on any atom is -0.495 e. The summed E-state index contributed by atoms with van der Waals surface area (Å²) in [5, 5.41) is 16.2. The summed E-state index contributed by atoms with van der Waals surface area (Å²) in [6.45, 7) is 0.774. The van der Waals surface area contributed by atoms with E-state index in [-0.39, 0.29) is 17.6 Å². The van der Waals surface area contributed by atoms with Crippen molar-refractivity contribution in [1.82, 2.24) is 14.3 Å². The number of ether oxygens (including phenoxy) is 1. The van der Waals surface area contributed by atoms with Gasteiger partial charge in [0.05, 0.1) is 24.0 Å². The first-order valence-electron chi connectivity index (χ1n) is 11.8. The van der Waals surface area contributed by atoms with Gasteiger partial charge in [-0.05, 0) is 48.6 Å². The number of alkyl halides is 3. The van der Waals surface area contributed by atoms with E-state index in [4.69, 9.17) is 4.74 Å². The van der Waals surface area contributed by atoms with Crippen molar-refractivity contribution in [3.8, 4) is 5.75 Å². The summed E-state index contributed by atoms with van der Waals surface area (Å²) in [7, 11) is -1.85. The number of nitrogens with zero attached hydrogens (tertiary/aromatic N) is 4. The summed E-state index contributed by atoms with van der Waals surface area (Å²) in [5.74, 6) is -1.65. The monoisotopic (exact) mass is 584 g/mol. The predicted octanol–water partition coefficient (Wildman–Crippen LogP) is 5.18. The van der Waals surface area contributed by atoms with Crippen molar-refractivity contribution in [2.45, 2.75) is 24.9 Å². The third-order valence-corrected chi connectivity index (χ3v) is 7.67. The second-order valence-electron chi connectivity index (χ2n) is 9.02. The number of aromatic nitrogens is 2. The van der Waals surface area contributed by atoms with Gasteiger partial charge in [-0.25, -0.2) is 17.7 Å².